The quantitative estimate of drug-likeness (QED) is 0.437. The van der Waals surface area contributed by atoms with Gasteiger partial charge in [-0.3, -0.25) is 0 Å². The molecule has 0 fully saturated rings. The summed E-state index contributed by atoms with van der Waals surface area (Å²) in [5, 5.41) is 11.4. The van der Waals surface area contributed by atoms with Gasteiger partial charge in [0.15, 0.2) is 5.96 Å². The standard InChI is InChI=1S/C23H38N6O/c1-7-24-23(26-17-21(30-8-2)13-14-28(5)6)25-16-20-11-9-10-12-22(20)29-19(4)15-18(3)27-29/h9-12,15,21H,7-8,13-14,16-17H2,1-6H3,(H2,24,25,26). The van der Waals surface area contributed by atoms with Crippen LogP contribution in [0.15, 0.2) is 35.3 Å². The third kappa shape index (κ3) is 7.46. The molecule has 0 aliphatic heterocycles. The number of benzene rings is 1. The summed E-state index contributed by atoms with van der Waals surface area (Å²) in [6.45, 7) is 12.0. The van der Waals surface area contributed by atoms with E-state index in [2.05, 4.69) is 66.8 Å². The first-order chi connectivity index (χ1) is 14.4. The van der Waals surface area contributed by atoms with Crippen LogP contribution in [0.5, 0.6) is 0 Å². The number of para-hydroxylation sites is 1. The molecule has 0 bridgehead atoms. The number of nitrogens with zero attached hydrogens (tertiary/aromatic N) is 4. The number of aryl methyl sites for hydroxylation is 2. The Morgan fingerprint density at radius 3 is 2.60 bits per heavy atom. The third-order valence-corrected chi connectivity index (χ3v) is 4.78. The molecular weight excluding hydrogens is 376 g/mol. The van der Waals surface area contributed by atoms with Gasteiger partial charge in [-0.1, -0.05) is 18.2 Å². The first kappa shape index (κ1) is 23.9. The van der Waals surface area contributed by atoms with Crippen LogP contribution < -0.4 is 10.6 Å². The molecule has 2 N–H and O–H groups in total. The average molecular weight is 415 g/mol. The van der Waals surface area contributed by atoms with E-state index in [1.807, 2.05) is 30.7 Å². The van der Waals surface area contributed by atoms with E-state index in [0.717, 1.165) is 54.7 Å². The van der Waals surface area contributed by atoms with Crippen molar-refractivity contribution in [2.75, 3.05) is 40.3 Å². The Balaban J connectivity index is 2.10. The van der Waals surface area contributed by atoms with Gasteiger partial charge in [-0.2, -0.15) is 5.10 Å². The number of aromatic nitrogens is 2. The Bertz CT molecular complexity index is 799. The van der Waals surface area contributed by atoms with Crippen molar-refractivity contribution in [3.63, 3.8) is 0 Å². The van der Waals surface area contributed by atoms with Crippen LogP contribution in [0.1, 0.15) is 37.2 Å². The number of hydrogen-bond acceptors (Lipinski definition) is 4. The summed E-state index contributed by atoms with van der Waals surface area (Å²) >= 11 is 0. The first-order valence-electron chi connectivity index (χ1n) is 10.8. The van der Waals surface area contributed by atoms with Crippen molar-refractivity contribution in [2.45, 2.75) is 46.8 Å². The molecule has 0 saturated heterocycles. The van der Waals surface area contributed by atoms with E-state index in [4.69, 9.17) is 9.73 Å². The van der Waals surface area contributed by atoms with Crippen LogP contribution in [0.25, 0.3) is 5.69 Å². The van der Waals surface area contributed by atoms with Gasteiger partial charge in [-0.25, -0.2) is 9.67 Å². The number of guanidine groups is 1. The summed E-state index contributed by atoms with van der Waals surface area (Å²) in [5.41, 5.74) is 4.34. The van der Waals surface area contributed by atoms with E-state index in [9.17, 15) is 0 Å². The second kappa shape index (κ2) is 12.3. The smallest absolute Gasteiger partial charge is 0.191 e. The number of hydrogen-bond donors (Lipinski definition) is 2. The lowest BCUT2D eigenvalue weighted by Gasteiger charge is -2.21. The van der Waals surface area contributed by atoms with Crippen molar-refractivity contribution >= 4 is 5.96 Å². The maximum atomic E-state index is 5.89. The molecule has 1 aromatic heterocycles. The van der Waals surface area contributed by atoms with Gasteiger partial charge >= 0.3 is 0 Å². The zero-order valence-corrected chi connectivity index (χ0v) is 19.4. The predicted octanol–water partition coefficient (Wildman–Crippen LogP) is 2.90. The Kier molecular flexibility index (Phi) is 9.83. The fourth-order valence-electron chi connectivity index (χ4n) is 3.32. The molecule has 0 radical (unpaired) electrons. The monoisotopic (exact) mass is 414 g/mol. The lowest BCUT2D eigenvalue weighted by atomic mass is 10.2. The summed E-state index contributed by atoms with van der Waals surface area (Å²) in [4.78, 5) is 7.00. The molecule has 0 aliphatic rings. The number of ether oxygens (including phenoxy) is 1. The maximum absolute atomic E-state index is 5.89. The Morgan fingerprint density at radius 1 is 1.20 bits per heavy atom. The summed E-state index contributed by atoms with van der Waals surface area (Å²) < 4.78 is 7.89. The third-order valence-electron chi connectivity index (χ3n) is 4.78. The van der Waals surface area contributed by atoms with E-state index in [-0.39, 0.29) is 6.10 Å². The van der Waals surface area contributed by atoms with Crippen LogP contribution in [-0.2, 0) is 11.3 Å². The lowest BCUT2D eigenvalue weighted by molar-refractivity contribution is 0.0548. The highest BCUT2D eigenvalue weighted by Gasteiger charge is 2.11. The van der Waals surface area contributed by atoms with Gasteiger partial charge in [-0.15, -0.1) is 0 Å². The minimum Gasteiger partial charge on any atom is -0.377 e. The minimum absolute atomic E-state index is 0.156. The predicted molar refractivity (Wildman–Crippen MR) is 124 cm³/mol. The Morgan fingerprint density at radius 2 is 1.97 bits per heavy atom. The molecule has 0 amide bonds. The molecule has 0 saturated carbocycles. The van der Waals surface area contributed by atoms with Crippen molar-refractivity contribution in [1.29, 1.82) is 0 Å². The van der Waals surface area contributed by atoms with E-state index in [1.54, 1.807) is 0 Å². The molecule has 0 aliphatic carbocycles. The van der Waals surface area contributed by atoms with Crippen LogP contribution in [0.2, 0.25) is 0 Å². The highest BCUT2D eigenvalue weighted by atomic mass is 16.5. The van der Waals surface area contributed by atoms with Crippen LogP contribution in [0.3, 0.4) is 0 Å². The highest BCUT2D eigenvalue weighted by molar-refractivity contribution is 5.79. The normalized spacial score (nSPS) is 13.0. The second-order valence-corrected chi connectivity index (χ2v) is 7.71. The van der Waals surface area contributed by atoms with Gasteiger partial charge < -0.3 is 20.3 Å². The summed E-state index contributed by atoms with van der Waals surface area (Å²) in [5.74, 6) is 0.801. The Hall–Kier alpha value is -2.38. The highest BCUT2D eigenvalue weighted by Crippen LogP contribution is 2.17. The van der Waals surface area contributed by atoms with Gasteiger partial charge in [0.05, 0.1) is 24.0 Å². The molecule has 1 heterocycles. The molecule has 1 unspecified atom stereocenters. The number of aliphatic imine (C=N–C) groups is 1. The molecular formula is C23H38N6O. The van der Waals surface area contributed by atoms with E-state index in [0.29, 0.717) is 13.2 Å². The van der Waals surface area contributed by atoms with Gasteiger partial charge in [-0.05, 0) is 65.9 Å². The van der Waals surface area contributed by atoms with Crippen molar-refractivity contribution in [2.24, 2.45) is 4.99 Å². The van der Waals surface area contributed by atoms with Crippen molar-refractivity contribution in [3.8, 4) is 5.69 Å². The molecule has 7 nitrogen and oxygen atoms in total. The van der Waals surface area contributed by atoms with Gasteiger partial charge in [0.25, 0.3) is 0 Å². The summed E-state index contributed by atoms with van der Waals surface area (Å²) in [6, 6.07) is 10.4. The van der Waals surface area contributed by atoms with Crippen LogP contribution >= 0.6 is 0 Å². The largest absolute Gasteiger partial charge is 0.377 e. The zero-order chi connectivity index (χ0) is 21.9. The van der Waals surface area contributed by atoms with Gasteiger partial charge in [0.1, 0.15) is 0 Å². The van der Waals surface area contributed by atoms with Gasteiger partial charge in [0.2, 0.25) is 0 Å². The topological polar surface area (TPSA) is 66.7 Å². The zero-order valence-electron chi connectivity index (χ0n) is 19.4. The molecule has 30 heavy (non-hydrogen) atoms. The van der Waals surface area contributed by atoms with E-state index >= 15 is 0 Å². The summed E-state index contributed by atoms with van der Waals surface area (Å²) in [6.07, 6.45) is 1.14. The molecule has 0 spiro atoms. The molecule has 7 heteroatoms. The lowest BCUT2D eigenvalue weighted by Crippen LogP contribution is -2.42. The van der Waals surface area contributed by atoms with Crippen LogP contribution in [0.4, 0.5) is 0 Å². The number of nitrogens with one attached hydrogen (secondary N) is 2. The molecule has 1 aromatic carbocycles. The van der Waals surface area contributed by atoms with Crippen LogP contribution in [0, 0.1) is 13.8 Å². The van der Waals surface area contributed by atoms with Crippen LogP contribution in [-0.4, -0.2) is 67.1 Å². The fourth-order valence-corrected chi connectivity index (χ4v) is 3.32. The minimum atomic E-state index is 0.156. The van der Waals surface area contributed by atoms with E-state index < -0.39 is 0 Å². The van der Waals surface area contributed by atoms with Crippen molar-refractivity contribution in [1.82, 2.24) is 25.3 Å². The average Bonchev–Trinajstić information content (AvgIpc) is 3.05. The summed E-state index contributed by atoms with van der Waals surface area (Å²) in [7, 11) is 4.17. The molecule has 1 atom stereocenters. The van der Waals surface area contributed by atoms with Crippen molar-refractivity contribution < 1.29 is 4.74 Å². The number of rotatable bonds is 11. The molecule has 2 aromatic rings. The molecule has 166 valence electrons. The van der Waals surface area contributed by atoms with Crippen molar-refractivity contribution in [3.05, 3.63) is 47.3 Å². The van der Waals surface area contributed by atoms with Gasteiger partial charge in [0, 0.05) is 31.9 Å². The molecule has 2 rings (SSSR count). The fraction of sp³-hybridized carbons (Fsp3) is 0.565. The van der Waals surface area contributed by atoms with E-state index in [1.165, 1.54) is 0 Å². The second-order valence-electron chi connectivity index (χ2n) is 7.71. The Labute approximate surface area is 181 Å². The maximum Gasteiger partial charge on any atom is 0.191 e. The SMILES string of the molecule is CCNC(=NCc1ccccc1-n1nc(C)cc1C)NCC(CCN(C)C)OCC. The first-order valence-corrected chi connectivity index (χ1v) is 10.8.